The van der Waals surface area contributed by atoms with Crippen molar-refractivity contribution < 1.29 is 0 Å². The van der Waals surface area contributed by atoms with E-state index in [4.69, 9.17) is 0 Å². The Bertz CT molecular complexity index is 149. The molecule has 0 amide bonds. The molecule has 15 heavy (non-hydrogen) atoms. The van der Waals surface area contributed by atoms with E-state index in [0.717, 1.165) is 12.0 Å². The van der Waals surface area contributed by atoms with Gasteiger partial charge < -0.3 is 4.90 Å². The molecule has 1 nitrogen and oxygen atoms in total. The third-order valence-corrected chi connectivity index (χ3v) is 3.97. The summed E-state index contributed by atoms with van der Waals surface area (Å²) in [5.41, 5.74) is 0. The lowest BCUT2D eigenvalue weighted by molar-refractivity contribution is 0.206. The van der Waals surface area contributed by atoms with Crippen molar-refractivity contribution in [1.82, 2.24) is 4.90 Å². The summed E-state index contributed by atoms with van der Waals surface area (Å²) in [5, 5.41) is 0. The van der Waals surface area contributed by atoms with Gasteiger partial charge in [-0.15, -0.1) is 0 Å². The van der Waals surface area contributed by atoms with Crippen LogP contribution in [0.1, 0.15) is 65.7 Å². The Hall–Kier alpha value is -0.0400. The number of rotatable bonds is 7. The molecule has 2 unspecified atom stereocenters. The number of likely N-dealkylation sites (tertiary alicyclic amines) is 1. The highest BCUT2D eigenvalue weighted by Crippen LogP contribution is 2.21. The molecule has 1 saturated heterocycles. The van der Waals surface area contributed by atoms with E-state index in [1.54, 1.807) is 0 Å². The van der Waals surface area contributed by atoms with Gasteiger partial charge in [0.25, 0.3) is 0 Å². The van der Waals surface area contributed by atoms with Gasteiger partial charge in [-0.1, -0.05) is 33.6 Å². The molecular weight excluding hydrogens is 182 g/mol. The highest BCUT2D eigenvalue weighted by Gasteiger charge is 2.21. The van der Waals surface area contributed by atoms with Gasteiger partial charge in [0.2, 0.25) is 0 Å². The second-order valence-corrected chi connectivity index (χ2v) is 5.28. The predicted octanol–water partition coefficient (Wildman–Crippen LogP) is 4.08. The highest BCUT2D eigenvalue weighted by molar-refractivity contribution is 4.76. The van der Waals surface area contributed by atoms with E-state index in [-0.39, 0.29) is 0 Å². The fourth-order valence-electron chi connectivity index (χ4n) is 2.63. The molecule has 2 atom stereocenters. The van der Waals surface area contributed by atoms with Crippen molar-refractivity contribution in [3.8, 4) is 0 Å². The second kappa shape index (κ2) is 7.27. The number of nitrogens with zero attached hydrogens (tertiary/aromatic N) is 1. The van der Waals surface area contributed by atoms with Crippen molar-refractivity contribution in [1.29, 1.82) is 0 Å². The van der Waals surface area contributed by atoms with Crippen LogP contribution in [0.5, 0.6) is 0 Å². The van der Waals surface area contributed by atoms with Gasteiger partial charge in [0, 0.05) is 6.04 Å². The molecule has 0 aliphatic carbocycles. The van der Waals surface area contributed by atoms with Crippen molar-refractivity contribution >= 4 is 0 Å². The lowest BCUT2D eigenvalue weighted by atomic mass is 9.96. The molecule has 0 spiro atoms. The van der Waals surface area contributed by atoms with Gasteiger partial charge in [-0.2, -0.15) is 0 Å². The summed E-state index contributed by atoms with van der Waals surface area (Å²) < 4.78 is 0. The van der Waals surface area contributed by atoms with E-state index in [1.807, 2.05) is 0 Å². The smallest absolute Gasteiger partial charge is 0.00952 e. The maximum Gasteiger partial charge on any atom is 0.00952 e. The molecule has 0 aromatic carbocycles. The van der Waals surface area contributed by atoms with Crippen molar-refractivity contribution in [2.45, 2.75) is 71.8 Å². The minimum Gasteiger partial charge on any atom is -0.300 e. The molecule has 0 radical (unpaired) electrons. The van der Waals surface area contributed by atoms with Crippen LogP contribution in [0, 0.1) is 5.92 Å². The standard InChI is InChI=1S/C14H29N/c1-4-8-14(10-9-13(3)5-2)15-11-6-7-12-15/h13-14H,4-12H2,1-3H3. The van der Waals surface area contributed by atoms with Gasteiger partial charge in [0.15, 0.2) is 0 Å². The molecule has 90 valence electrons. The van der Waals surface area contributed by atoms with Crippen molar-refractivity contribution in [3.05, 3.63) is 0 Å². The molecular formula is C14H29N. The third kappa shape index (κ3) is 4.55. The molecule has 0 saturated carbocycles. The van der Waals surface area contributed by atoms with Crippen LogP contribution in [0.15, 0.2) is 0 Å². The first-order valence-corrected chi connectivity index (χ1v) is 7.02. The van der Waals surface area contributed by atoms with E-state index in [0.29, 0.717) is 0 Å². The molecule has 0 aromatic heterocycles. The Labute approximate surface area is 96.2 Å². The summed E-state index contributed by atoms with van der Waals surface area (Å²) in [4.78, 5) is 2.74. The average Bonchev–Trinajstić information content (AvgIpc) is 2.76. The second-order valence-electron chi connectivity index (χ2n) is 5.28. The summed E-state index contributed by atoms with van der Waals surface area (Å²) in [7, 11) is 0. The summed E-state index contributed by atoms with van der Waals surface area (Å²) in [6, 6.07) is 0.895. The molecule has 1 rings (SSSR count). The fourth-order valence-corrected chi connectivity index (χ4v) is 2.63. The summed E-state index contributed by atoms with van der Waals surface area (Å²) in [5.74, 6) is 0.923. The monoisotopic (exact) mass is 211 g/mol. The van der Waals surface area contributed by atoms with Crippen molar-refractivity contribution in [2.75, 3.05) is 13.1 Å². The quantitative estimate of drug-likeness (QED) is 0.613. The molecule has 1 heteroatoms. The highest BCUT2D eigenvalue weighted by atomic mass is 15.2. The minimum atomic E-state index is 0.895. The summed E-state index contributed by atoms with van der Waals surface area (Å²) in [6.45, 7) is 9.77. The van der Waals surface area contributed by atoms with Gasteiger partial charge in [-0.05, 0) is 51.1 Å². The Kier molecular flexibility index (Phi) is 6.31. The normalized spacial score (nSPS) is 21.8. The van der Waals surface area contributed by atoms with E-state index in [9.17, 15) is 0 Å². The zero-order valence-electron chi connectivity index (χ0n) is 11.0. The first-order valence-electron chi connectivity index (χ1n) is 7.02. The van der Waals surface area contributed by atoms with Crippen LogP contribution in [-0.2, 0) is 0 Å². The van der Waals surface area contributed by atoms with Crippen molar-refractivity contribution in [2.24, 2.45) is 5.92 Å². The van der Waals surface area contributed by atoms with Gasteiger partial charge in [-0.3, -0.25) is 0 Å². The van der Waals surface area contributed by atoms with Gasteiger partial charge >= 0.3 is 0 Å². The molecule has 0 aromatic rings. The molecule has 0 N–H and O–H groups in total. The first-order chi connectivity index (χ1) is 7.27. The Morgan fingerprint density at radius 2 is 1.67 bits per heavy atom. The van der Waals surface area contributed by atoms with Crippen LogP contribution < -0.4 is 0 Å². The van der Waals surface area contributed by atoms with E-state index in [1.165, 1.54) is 58.0 Å². The largest absolute Gasteiger partial charge is 0.300 e. The first kappa shape index (κ1) is 13.0. The van der Waals surface area contributed by atoms with Crippen LogP contribution in [-0.4, -0.2) is 24.0 Å². The molecule has 1 aliphatic rings. The molecule has 1 heterocycles. The van der Waals surface area contributed by atoms with Crippen molar-refractivity contribution in [3.63, 3.8) is 0 Å². The lowest BCUT2D eigenvalue weighted by Gasteiger charge is -2.28. The minimum absolute atomic E-state index is 0.895. The Morgan fingerprint density at radius 3 is 2.20 bits per heavy atom. The van der Waals surface area contributed by atoms with E-state index < -0.39 is 0 Å². The van der Waals surface area contributed by atoms with Crippen LogP contribution in [0.4, 0.5) is 0 Å². The zero-order valence-corrected chi connectivity index (χ0v) is 11.0. The lowest BCUT2D eigenvalue weighted by Crippen LogP contribution is -2.32. The SMILES string of the molecule is CCCC(CCC(C)CC)N1CCCC1. The summed E-state index contributed by atoms with van der Waals surface area (Å²) in [6.07, 6.45) is 9.84. The fraction of sp³-hybridized carbons (Fsp3) is 1.00. The molecule has 0 bridgehead atoms. The zero-order chi connectivity index (χ0) is 11.1. The number of hydrogen-bond donors (Lipinski definition) is 0. The average molecular weight is 211 g/mol. The van der Waals surface area contributed by atoms with E-state index >= 15 is 0 Å². The maximum absolute atomic E-state index is 2.74. The Morgan fingerprint density at radius 1 is 1.00 bits per heavy atom. The van der Waals surface area contributed by atoms with Gasteiger partial charge in [0.05, 0.1) is 0 Å². The van der Waals surface area contributed by atoms with Gasteiger partial charge in [-0.25, -0.2) is 0 Å². The Balaban J connectivity index is 2.29. The third-order valence-electron chi connectivity index (χ3n) is 3.97. The maximum atomic E-state index is 2.74. The van der Waals surface area contributed by atoms with Gasteiger partial charge in [0.1, 0.15) is 0 Å². The van der Waals surface area contributed by atoms with Crippen LogP contribution in [0.3, 0.4) is 0 Å². The molecule has 1 aliphatic heterocycles. The van der Waals surface area contributed by atoms with Crippen LogP contribution in [0.25, 0.3) is 0 Å². The number of hydrogen-bond acceptors (Lipinski definition) is 1. The summed E-state index contributed by atoms with van der Waals surface area (Å²) >= 11 is 0. The van der Waals surface area contributed by atoms with E-state index in [2.05, 4.69) is 25.7 Å². The topological polar surface area (TPSA) is 3.24 Å². The predicted molar refractivity (Wildman–Crippen MR) is 68.2 cm³/mol. The molecule has 1 fully saturated rings. The van der Waals surface area contributed by atoms with Crippen LogP contribution >= 0.6 is 0 Å². The van der Waals surface area contributed by atoms with Crippen LogP contribution in [0.2, 0.25) is 0 Å².